The normalized spacial score (nSPS) is 11.3. The Labute approximate surface area is 175 Å². The Kier molecular flexibility index (Phi) is 5.31. The number of hydrogen-bond acceptors (Lipinski definition) is 7. The number of aromatic nitrogens is 2. The van der Waals surface area contributed by atoms with Crippen molar-refractivity contribution in [2.24, 2.45) is 5.10 Å². The highest BCUT2D eigenvalue weighted by atomic mass is 16.6. The van der Waals surface area contributed by atoms with Crippen LogP contribution in [0.1, 0.15) is 16.1 Å². The van der Waals surface area contributed by atoms with Crippen molar-refractivity contribution in [3.8, 4) is 0 Å². The van der Waals surface area contributed by atoms with Gasteiger partial charge >= 0.3 is 0 Å². The third-order valence-corrected chi connectivity index (χ3v) is 4.43. The summed E-state index contributed by atoms with van der Waals surface area (Å²) in [5, 5.41) is 15.1. The van der Waals surface area contributed by atoms with Crippen LogP contribution in [0, 0.1) is 10.1 Å². The Morgan fingerprint density at radius 2 is 1.74 bits per heavy atom. The number of nitrogens with one attached hydrogen (secondary N) is 2. The molecule has 1 aromatic heterocycles. The summed E-state index contributed by atoms with van der Waals surface area (Å²) in [5.41, 5.74) is 3.14. The predicted molar refractivity (Wildman–Crippen MR) is 116 cm³/mol. The van der Waals surface area contributed by atoms with Gasteiger partial charge in [-0.05, 0) is 18.2 Å². The van der Waals surface area contributed by atoms with Gasteiger partial charge in [0.1, 0.15) is 0 Å². The number of aromatic amines is 1. The molecule has 0 unspecified atom stereocenters. The molecular weight excluding hydrogens is 398 g/mol. The number of nitro benzene ring substituents is 1. The molecule has 2 N–H and O–H groups in total. The van der Waals surface area contributed by atoms with Crippen LogP contribution >= 0.6 is 0 Å². The smallest absolute Gasteiger partial charge is 0.276 e. The second kappa shape index (κ2) is 8.37. The van der Waals surface area contributed by atoms with Crippen molar-refractivity contribution in [2.45, 2.75) is 0 Å². The zero-order chi connectivity index (χ0) is 21.8. The molecule has 0 saturated heterocycles. The molecule has 0 aliphatic heterocycles. The third-order valence-electron chi connectivity index (χ3n) is 4.43. The molecule has 0 aliphatic carbocycles. The van der Waals surface area contributed by atoms with Gasteiger partial charge in [-0.25, -0.2) is 4.98 Å². The van der Waals surface area contributed by atoms with Gasteiger partial charge in [0.2, 0.25) is 5.78 Å². The topological polar surface area (TPSA) is 130 Å². The summed E-state index contributed by atoms with van der Waals surface area (Å²) in [7, 11) is 0. The minimum absolute atomic E-state index is 0.141. The number of carbonyl (C=O) groups is 1. The van der Waals surface area contributed by atoms with E-state index in [1.54, 1.807) is 60.7 Å². The zero-order valence-corrected chi connectivity index (χ0v) is 16.0. The number of nitrogens with zero attached hydrogens (tertiary/aromatic N) is 3. The summed E-state index contributed by atoms with van der Waals surface area (Å²) in [6.07, 6.45) is 0. The van der Waals surface area contributed by atoms with E-state index in [2.05, 4.69) is 20.5 Å². The quantitative estimate of drug-likeness (QED) is 0.215. The number of fused-ring (bicyclic) bond motifs is 1. The first-order valence-electron chi connectivity index (χ1n) is 9.20. The number of H-pyrrole nitrogens is 1. The summed E-state index contributed by atoms with van der Waals surface area (Å²) in [5.74, 6) is -0.521. The van der Waals surface area contributed by atoms with Crippen LogP contribution in [0.25, 0.3) is 11.0 Å². The first kappa shape index (κ1) is 19.6. The van der Waals surface area contributed by atoms with Crippen molar-refractivity contribution in [3.63, 3.8) is 0 Å². The Morgan fingerprint density at radius 1 is 1.00 bits per heavy atom. The number of non-ortho nitro benzene ring substituents is 1. The maximum atomic E-state index is 13.2. The van der Waals surface area contributed by atoms with Crippen LogP contribution in [-0.4, -0.2) is 26.4 Å². The number of para-hydroxylation sites is 2. The molecule has 1 heterocycles. The number of benzene rings is 3. The Morgan fingerprint density at radius 3 is 2.52 bits per heavy atom. The van der Waals surface area contributed by atoms with E-state index < -0.39 is 16.3 Å². The van der Waals surface area contributed by atoms with Gasteiger partial charge < -0.3 is 4.98 Å². The Hall–Kier alpha value is -4.66. The average Bonchev–Trinajstić information content (AvgIpc) is 2.80. The molecule has 0 saturated carbocycles. The molecule has 0 atom stereocenters. The lowest BCUT2D eigenvalue weighted by Gasteiger charge is -2.08. The van der Waals surface area contributed by atoms with E-state index in [4.69, 9.17) is 0 Å². The predicted octanol–water partition coefficient (Wildman–Crippen LogP) is 3.53. The van der Waals surface area contributed by atoms with Gasteiger partial charge in [-0.3, -0.25) is 25.1 Å². The van der Waals surface area contributed by atoms with Gasteiger partial charge in [-0.1, -0.05) is 48.5 Å². The molecule has 0 aliphatic rings. The molecule has 9 heteroatoms. The number of hydrogen-bond donors (Lipinski definition) is 2. The highest BCUT2D eigenvalue weighted by Crippen LogP contribution is 2.17. The van der Waals surface area contributed by atoms with Crippen molar-refractivity contribution in [1.82, 2.24) is 9.97 Å². The summed E-state index contributed by atoms with van der Waals surface area (Å²) in [6.45, 7) is 0. The van der Waals surface area contributed by atoms with E-state index >= 15 is 0 Å². The summed E-state index contributed by atoms with van der Waals surface area (Å²) in [4.78, 5) is 43.4. The summed E-state index contributed by atoms with van der Waals surface area (Å²) < 4.78 is 0. The van der Waals surface area contributed by atoms with E-state index in [9.17, 15) is 19.7 Å². The van der Waals surface area contributed by atoms with E-state index in [-0.39, 0.29) is 22.8 Å². The van der Waals surface area contributed by atoms with Gasteiger partial charge in [-0.2, -0.15) is 5.10 Å². The highest BCUT2D eigenvalue weighted by Gasteiger charge is 2.22. The van der Waals surface area contributed by atoms with Gasteiger partial charge in [0, 0.05) is 17.7 Å². The lowest BCUT2D eigenvalue weighted by molar-refractivity contribution is -0.384. The fourth-order valence-corrected chi connectivity index (χ4v) is 2.94. The van der Waals surface area contributed by atoms with Gasteiger partial charge in [-0.15, -0.1) is 0 Å². The van der Waals surface area contributed by atoms with E-state index in [1.165, 1.54) is 18.2 Å². The molecule has 31 heavy (non-hydrogen) atoms. The molecule has 152 valence electrons. The molecular formula is C22H15N5O4. The largest absolute Gasteiger partial charge is 0.319 e. The van der Waals surface area contributed by atoms with Crippen LogP contribution < -0.4 is 11.0 Å². The first-order valence-corrected chi connectivity index (χ1v) is 9.20. The number of rotatable bonds is 6. The van der Waals surface area contributed by atoms with Crippen LogP contribution in [-0.2, 0) is 0 Å². The van der Waals surface area contributed by atoms with Crippen LogP contribution in [0.2, 0.25) is 0 Å². The van der Waals surface area contributed by atoms with E-state index in [0.29, 0.717) is 16.6 Å². The number of anilines is 1. The lowest BCUT2D eigenvalue weighted by Crippen LogP contribution is -2.27. The van der Waals surface area contributed by atoms with Crippen LogP contribution in [0.4, 0.5) is 11.4 Å². The lowest BCUT2D eigenvalue weighted by atomic mass is 10.0. The number of ketones is 1. The molecule has 3 aromatic carbocycles. The number of Topliss-reactive ketones (excluding diaryl/α,β-unsaturated/α-hetero) is 1. The van der Waals surface area contributed by atoms with E-state index in [0.717, 1.165) is 0 Å². The fraction of sp³-hybridized carbons (Fsp3) is 0. The van der Waals surface area contributed by atoms with E-state index in [1.807, 2.05) is 0 Å². The number of nitro groups is 1. The van der Waals surface area contributed by atoms with Crippen LogP contribution in [0.3, 0.4) is 0 Å². The second-order valence-electron chi connectivity index (χ2n) is 6.51. The molecule has 0 radical (unpaired) electrons. The minimum atomic E-state index is -0.581. The monoisotopic (exact) mass is 413 g/mol. The van der Waals surface area contributed by atoms with Gasteiger partial charge in [0.15, 0.2) is 11.4 Å². The molecule has 4 aromatic rings. The van der Waals surface area contributed by atoms with Gasteiger partial charge in [0.25, 0.3) is 11.2 Å². The number of carbonyl (C=O) groups excluding carboxylic acids is 1. The first-order chi connectivity index (χ1) is 15.0. The van der Waals surface area contributed by atoms with Crippen LogP contribution in [0.15, 0.2) is 88.8 Å². The molecule has 0 fully saturated rings. The molecule has 0 amide bonds. The number of hydrazone groups is 1. The second-order valence-corrected chi connectivity index (χ2v) is 6.51. The SMILES string of the molecule is O=C(/C(=N/Nc1cccc([N+](=O)[O-])c1)c1nc2ccccc2[nH]c1=O)c1ccccc1. The molecule has 0 spiro atoms. The maximum absolute atomic E-state index is 13.2. The van der Waals surface area contributed by atoms with Gasteiger partial charge in [0.05, 0.1) is 21.6 Å². The molecule has 4 rings (SSSR count). The summed E-state index contributed by atoms with van der Waals surface area (Å²) in [6, 6.07) is 20.9. The van der Waals surface area contributed by atoms with Crippen molar-refractivity contribution >= 4 is 33.9 Å². The average molecular weight is 413 g/mol. The maximum Gasteiger partial charge on any atom is 0.276 e. The van der Waals surface area contributed by atoms with Crippen LogP contribution in [0.5, 0.6) is 0 Å². The van der Waals surface area contributed by atoms with Crippen molar-refractivity contribution in [3.05, 3.63) is 111 Å². The standard InChI is InChI=1S/C22H15N5O4/c28-21(14-7-2-1-3-8-14)19(26-25-15-9-6-10-16(13-15)27(30)31)20-22(29)24-18-12-5-4-11-17(18)23-20/h1-13,25H,(H,24,29)/b26-19+. The minimum Gasteiger partial charge on any atom is -0.319 e. The fourth-order valence-electron chi connectivity index (χ4n) is 2.94. The zero-order valence-electron chi connectivity index (χ0n) is 16.0. The molecule has 9 nitrogen and oxygen atoms in total. The third kappa shape index (κ3) is 4.20. The summed E-state index contributed by atoms with van der Waals surface area (Å²) >= 11 is 0. The Bertz CT molecular complexity index is 1380. The van der Waals surface area contributed by atoms with Crippen molar-refractivity contribution in [1.29, 1.82) is 0 Å². The Balaban J connectivity index is 1.82. The highest BCUT2D eigenvalue weighted by molar-refractivity contribution is 6.51. The van der Waals surface area contributed by atoms with Crippen molar-refractivity contribution < 1.29 is 9.72 Å². The molecule has 0 bridgehead atoms. The van der Waals surface area contributed by atoms with Crippen molar-refractivity contribution in [2.75, 3.05) is 5.43 Å².